The molecule has 0 aromatic heterocycles. The largest absolute Gasteiger partial charge is 0.334 e. The molecule has 2 rings (SSSR count). The molecule has 3 N–H and O–H groups in total. The van der Waals surface area contributed by atoms with Gasteiger partial charge in [-0.3, -0.25) is 4.79 Å². The molecule has 126 valence electrons. The minimum atomic E-state index is -0.507. The average Bonchev–Trinajstić information content (AvgIpc) is 2.80. The number of nitrogens with one attached hydrogen (secondary N) is 3. The molecule has 23 heavy (non-hydrogen) atoms. The van der Waals surface area contributed by atoms with Crippen LogP contribution >= 0.6 is 11.6 Å². The summed E-state index contributed by atoms with van der Waals surface area (Å²) in [6, 6.07) is 4.30. The van der Waals surface area contributed by atoms with E-state index in [0.717, 1.165) is 25.7 Å². The maximum Gasteiger partial charge on any atom is 0.315 e. The number of anilines is 1. The van der Waals surface area contributed by atoms with E-state index >= 15 is 0 Å². The zero-order valence-electron chi connectivity index (χ0n) is 13.0. The highest BCUT2D eigenvalue weighted by Gasteiger charge is 2.26. The van der Waals surface area contributed by atoms with E-state index in [-0.39, 0.29) is 29.0 Å². The predicted octanol–water partition coefficient (Wildman–Crippen LogP) is 3.44. The highest BCUT2D eigenvalue weighted by Crippen LogP contribution is 2.19. The zero-order valence-corrected chi connectivity index (χ0v) is 13.8. The third kappa shape index (κ3) is 5.39. The number of halogens is 2. The minimum Gasteiger partial charge on any atom is -0.334 e. The van der Waals surface area contributed by atoms with Gasteiger partial charge in [0.05, 0.1) is 11.1 Å². The molecule has 0 aliphatic carbocycles. The summed E-state index contributed by atoms with van der Waals surface area (Å²) in [4.78, 5) is 23.0. The predicted molar refractivity (Wildman–Crippen MR) is 88.0 cm³/mol. The number of hydrogen-bond acceptors (Lipinski definition) is 2. The van der Waals surface area contributed by atoms with Crippen molar-refractivity contribution in [3.63, 3.8) is 0 Å². The van der Waals surface area contributed by atoms with Gasteiger partial charge in [-0.2, -0.15) is 0 Å². The quantitative estimate of drug-likeness (QED) is 0.665. The third-order valence-electron chi connectivity index (χ3n) is 3.90. The molecule has 0 spiro atoms. The van der Waals surface area contributed by atoms with E-state index in [1.807, 2.05) is 6.92 Å². The van der Waals surface area contributed by atoms with Crippen LogP contribution in [-0.4, -0.2) is 24.0 Å². The lowest BCUT2D eigenvalue weighted by molar-refractivity contribution is -0.116. The molecular weight excluding hydrogens is 321 g/mol. The first-order valence-corrected chi connectivity index (χ1v) is 8.15. The van der Waals surface area contributed by atoms with Crippen molar-refractivity contribution in [1.82, 2.24) is 10.6 Å². The first-order chi connectivity index (χ1) is 11.0. The van der Waals surface area contributed by atoms with Gasteiger partial charge in [0.15, 0.2) is 0 Å². The van der Waals surface area contributed by atoms with Gasteiger partial charge in [0.2, 0.25) is 5.91 Å². The second-order valence-electron chi connectivity index (χ2n) is 5.79. The molecule has 2 atom stereocenters. The number of rotatable bonds is 7. The number of carbonyl (C=O) groups is 2. The van der Waals surface area contributed by atoms with Gasteiger partial charge in [0.25, 0.3) is 0 Å². The van der Waals surface area contributed by atoms with E-state index in [1.54, 1.807) is 0 Å². The Morgan fingerprint density at radius 3 is 2.74 bits per heavy atom. The molecule has 1 fully saturated rings. The Balaban J connectivity index is 1.61. The van der Waals surface area contributed by atoms with Crippen LogP contribution in [0.4, 0.5) is 14.9 Å². The van der Waals surface area contributed by atoms with Crippen LogP contribution < -0.4 is 16.0 Å². The highest BCUT2D eigenvalue weighted by molar-refractivity contribution is 6.31. The van der Waals surface area contributed by atoms with Crippen molar-refractivity contribution in [3.05, 3.63) is 29.0 Å². The second kappa shape index (κ2) is 8.15. The Bertz CT molecular complexity index is 582. The van der Waals surface area contributed by atoms with Crippen LogP contribution in [-0.2, 0) is 4.79 Å². The summed E-state index contributed by atoms with van der Waals surface area (Å²) >= 11 is 5.67. The number of amides is 3. The van der Waals surface area contributed by atoms with Crippen LogP contribution in [0, 0.1) is 5.82 Å². The van der Waals surface area contributed by atoms with Crippen LogP contribution in [0.5, 0.6) is 0 Å². The van der Waals surface area contributed by atoms with Crippen molar-refractivity contribution >= 4 is 29.2 Å². The van der Waals surface area contributed by atoms with Gasteiger partial charge in [-0.15, -0.1) is 0 Å². The molecular formula is C16H21ClFN3O2. The van der Waals surface area contributed by atoms with Gasteiger partial charge >= 0.3 is 6.03 Å². The number of benzene rings is 1. The number of carbonyl (C=O) groups excluding carboxylic acids is 2. The van der Waals surface area contributed by atoms with Gasteiger partial charge in [-0.05, 0) is 38.0 Å². The molecule has 0 unspecified atom stereocenters. The smallest absolute Gasteiger partial charge is 0.315 e. The van der Waals surface area contributed by atoms with Gasteiger partial charge in [0, 0.05) is 18.2 Å². The number of unbranched alkanes of at least 4 members (excludes halogenated alkanes) is 2. The average molecular weight is 342 g/mol. The summed E-state index contributed by atoms with van der Waals surface area (Å²) in [6.45, 7) is 1.98. The van der Waals surface area contributed by atoms with E-state index in [9.17, 15) is 14.0 Å². The molecule has 1 saturated heterocycles. The third-order valence-corrected chi connectivity index (χ3v) is 4.19. The van der Waals surface area contributed by atoms with Gasteiger partial charge in [-0.25, -0.2) is 9.18 Å². The Morgan fingerprint density at radius 2 is 2.09 bits per heavy atom. The number of urea groups is 1. The summed E-state index contributed by atoms with van der Waals surface area (Å²) in [7, 11) is 0. The first kappa shape index (κ1) is 17.5. The van der Waals surface area contributed by atoms with Gasteiger partial charge in [-0.1, -0.05) is 24.4 Å². The monoisotopic (exact) mass is 341 g/mol. The topological polar surface area (TPSA) is 70.2 Å². The summed E-state index contributed by atoms with van der Waals surface area (Å²) in [5.74, 6) is -0.621. The molecule has 1 aromatic rings. The van der Waals surface area contributed by atoms with Crippen molar-refractivity contribution in [2.24, 2.45) is 0 Å². The summed E-state index contributed by atoms with van der Waals surface area (Å²) in [5, 5.41) is 8.37. The second-order valence-corrected chi connectivity index (χ2v) is 6.20. The molecule has 3 amide bonds. The molecule has 0 saturated carbocycles. The minimum absolute atomic E-state index is 0.0101. The van der Waals surface area contributed by atoms with Crippen molar-refractivity contribution < 1.29 is 14.0 Å². The Morgan fingerprint density at radius 1 is 1.30 bits per heavy atom. The van der Waals surface area contributed by atoms with E-state index in [4.69, 9.17) is 11.6 Å². The van der Waals surface area contributed by atoms with Crippen molar-refractivity contribution in [2.75, 3.05) is 5.32 Å². The number of hydrogen-bond donors (Lipinski definition) is 3. The van der Waals surface area contributed by atoms with Crippen LogP contribution in [0.2, 0.25) is 5.02 Å². The van der Waals surface area contributed by atoms with Crippen molar-refractivity contribution in [3.8, 4) is 0 Å². The SMILES string of the molecule is C[C@@H]1NC(=O)N[C@H]1CCCCCC(=O)Nc1ccc(F)c(Cl)c1. The molecule has 1 aromatic carbocycles. The zero-order chi connectivity index (χ0) is 16.8. The summed E-state index contributed by atoms with van der Waals surface area (Å²) in [6.07, 6.45) is 3.93. The highest BCUT2D eigenvalue weighted by atomic mass is 35.5. The molecule has 7 heteroatoms. The fraction of sp³-hybridized carbons (Fsp3) is 0.500. The van der Waals surface area contributed by atoms with Crippen molar-refractivity contribution in [1.29, 1.82) is 0 Å². The lowest BCUT2D eigenvalue weighted by Crippen LogP contribution is -2.30. The Labute approximate surface area is 140 Å². The first-order valence-electron chi connectivity index (χ1n) is 7.77. The molecule has 5 nitrogen and oxygen atoms in total. The van der Waals surface area contributed by atoms with Gasteiger partial charge in [0.1, 0.15) is 5.82 Å². The molecule has 0 bridgehead atoms. The van der Waals surface area contributed by atoms with Crippen LogP contribution in [0.1, 0.15) is 39.0 Å². The van der Waals surface area contributed by atoms with Gasteiger partial charge < -0.3 is 16.0 Å². The fourth-order valence-electron chi connectivity index (χ4n) is 2.59. The standard InChI is InChI=1S/C16H21ClFN3O2/c1-10-14(21-16(23)19-10)5-3-2-4-6-15(22)20-11-7-8-13(18)12(17)9-11/h7-10,14H,2-6H2,1H3,(H,20,22)(H2,19,21,23)/t10-,14-/m0/s1. The van der Waals surface area contributed by atoms with E-state index < -0.39 is 5.82 Å². The van der Waals surface area contributed by atoms with Crippen LogP contribution in [0.3, 0.4) is 0 Å². The van der Waals surface area contributed by atoms with E-state index in [1.165, 1.54) is 18.2 Å². The van der Waals surface area contributed by atoms with Crippen LogP contribution in [0.15, 0.2) is 18.2 Å². The van der Waals surface area contributed by atoms with Crippen molar-refractivity contribution in [2.45, 2.75) is 51.1 Å². The maximum absolute atomic E-state index is 13.0. The molecule has 1 aliphatic rings. The Kier molecular flexibility index (Phi) is 6.21. The molecule has 1 heterocycles. The van der Waals surface area contributed by atoms with E-state index in [0.29, 0.717) is 12.1 Å². The summed E-state index contributed by atoms with van der Waals surface area (Å²) in [5.41, 5.74) is 0.495. The fourth-order valence-corrected chi connectivity index (χ4v) is 2.77. The molecule has 0 radical (unpaired) electrons. The molecule has 1 aliphatic heterocycles. The van der Waals surface area contributed by atoms with Crippen LogP contribution in [0.25, 0.3) is 0 Å². The van der Waals surface area contributed by atoms with E-state index in [2.05, 4.69) is 16.0 Å². The Hall–Kier alpha value is -1.82. The maximum atomic E-state index is 13.0. The lowest BCUT2D eigenvalue weighted by atomic mass is 10.0. The summed E-state index contributed by atoms with van der Waals surface area (Å²) < 4.78 is 13.0. The lowest BCUT2D eigenvalue weighted by Gasteiger charge is -2.13. The normalized spacial score (nSPS) is 20.0.